The molecule has 0 bridgehead atoms. The summed E-state index contributed by atoms with van der Waals surface area (Å²) in [6, 6.07) is 1.59. The van der Waals surface area contributed by atoms with Crippen molar-refractivity contribution in [3.63, 3.8) is 0 Å². The molecule has 0 aliphatic carbocycles. The van der Waals surface area contributed by atoms with E-state index >= 15 is 0 Å². The van der Waals surface area contributed by atoms with Gasteiger partial charge in [0.25, 0.3) is 0 Å². The molecule has 0 spiro atoms. The Morgan fingerprint density at radius 2 is 2.11 bits per heavy atom. The second-order valence-corrected chi connectivity index (χ2v) is 4.03. The van der Waals surface area contributed by atoms with Crippen molar-refractivity contribution >= 4 is 11.5 Å². The molecule has 0 aliphatic rings. The first-order chi connectivity index (χ1) is 8.74. The summed E-state index contributed by atoms with van der Waals surface area (Å²) < 4.78 is 50.8. The zero-order chi connectivity index (χ0) is 14.6. The van der Waals surface area contributed by atoms with Gasteiger partial charge in [-0.15, -0.1) is 0 Å². The fraction of sp³-hybridized carbons (Fsp3) is 0.364. The predicted molar refractivity (Wildman–Crippen MR) is 62.5 cm³/mol. The molecule has 0 aliphatic heterocycles. The average molecular weight is 279 g/mol. The molecular formula is C11H13F4N3O. The first-order valence-electron chi connectivity index (χ1n) is 5.33. The van der Waals surface area contributed by atoms with Crippen molar-refractivity contribution < 1.29 is 22.8 Å². The molecule has 0 radical (unpaired) electrons. The molecule has 8 heteroatoms. The minimum absolute atomic E-state index is 0.0617. The molecule has 0 saturated heterocycles. The second kappa shape index (κ2) is 5.77. The summed E-state index contributed by atoms with van der Waals surface area (Å²) in [6.45, 7) is 1.57. The van der Waals surface area contributed by atoms with Crippen molar-refractivity contribution in [2.24, 2.45) is 10.9 Å². The fourth-order valence-corrected chi connectivity index (χ4v) is 1.48. The molecule has 0 heterocycles. The number of rotatable bonds is 4. The number of halogens is 4. The lowest BCUT2D eigenvalue weighted by atomic mass is 10.1. The zero-order valence-corrected chi connectivity index (χ0v) is 10.0. The minimum Gasteiger partial charge on any atom is -0.409 e. The number of oxime groups is 1. The van der Waals surface area contributed by atoms with Crippen LogP contribution in [0.5, 0.6) is 0 Å². The molecule has 4 N–H and O–H groups in total. The maximum absolute atomic E-state index is 13.4. The van der Waals surface area contributed by atoms with E-state index in [1.165, 1.54) is 0 Å². The number of alkyl halides is 3. The SMILES string of the molecule is CC(CC(N)=NO)Nc1cc(C(F)(F)F)ccc1F. The summed E-state index contributed by atoms with van der Waals surface area (Å²) in [4.78, 5) is 0. The highest BCUT2D eigenvalue weighted by molar-refractivity contribution is 5.80. The maximum Gasteiger partial charge on any atom is 0.416 e. The van der Waals surface area contributed by atoms with Crippen molar-refractivity contribution in [3.05, 3.63) is 29.6 Å². The van der Waals surface area contributed by atoms with Crippen LogP contribution in [0.15, 0.2) is 23.4 Å². The molecule has 1 aromatic carbocycles. The molecule has 0 saturated carbocycles. The van der Waals surface area contributed by atoms with Crippen LogP contribution < -0.4 is 11.1 Å². The van der Waals surface area contributed by atoms with Gasteiger partial charge in [-0.3, -0.25) is 0 Å². The van der Waals surface area contributed by atoms with Gasteiger partial charge in [0.2, 0.25) is 0 Å². The summed E-state index contributed by atoms with van der Waals surface area (Å²) >= 11 is 0. The number of nitrogens with two attached hydrogens (primary N) is 1. The summed E-state index contributed by atoms with van der Waals surface area (Å²) in [5.74, 6) is -0.910. The lowest BCUT2D eigenvalue weighted by Gasteiger charge is -2.16. The number of nitrogens with one attached hydrogen (secondary N) is 1. The normalized spacial score (nSPS) is 14.3. The number of hydrogen-bond donors (Lipinski definition) is 3. The number of hydrogen-bond acceptors (Lipinski definition) is 3. The Hall–Kier alpha value is -1.99. The van der Waals surface area contributed by atoms with E-state index in [0.717, 1.165) is 6.07 Å². The first kappa shape index (κ1) is 15.1. The van der Waals surface area contributed by atoms with Gasteiger partial charge in [-0.05, 0) is 25.1 Å². The van der Waals surface area contributed by atoms with E-state index in [-0.39, 0.29) is 17.9 Å². The molecule has 19 heavy (non-hydrogen) atoms. The van der Waals surface area contributed by atoms with Crippen molar-refractivity contribution in [2.75, 3.05) is 5.32 Å². The minimum atomic E-state index is -4.54. The third-order valence-electron chi connectivity index (χ3n) is 2.34. The Bertz CT molecular complexity index is 473. The fourth-order valence-electron chi connectivity index (χ4n) is 1.48. The van der Waals surface area contributed by atoms with Gasteiger partial charge < -0.3 is 16.3 Å². The monoisotopic (exact) mass is 279 g/mol. The van der Waals surface area contributed by atoms with Gasteiger partial charge in [-0.25, -0.2) is 4.39 Å². The van der Waals surface area contributed by atoms with E-state index < -0.39 is 23.6 Å². The highest BCUT2D eigenvalue weighted by Crippen LogP contribution is 2.32. The summed E-state index contributed by atoms with van der Waals surface area (Å²) in [7, 11) is 0. The van der Waals surface area contributed by atoms with E-state index in [2.05, 4.69) is 10.5 Å². The van der Waals surface area contributed by atoms with Crippen LogP contribution in [0.25, 0.3) is 0 Å². The Labute approximate surface area is 106 Å². The summed E-state index contributed by atoms with van der Waals surface area (Å²) in [5.41, 5.74) is 4.02. The largest absolute Gasteiger partial charge is 0.416 e. The number of amidine groups is 1. The van der Waals surface area contributed by atoms with E-state index in [4.69, 9.17) is 10.9 Å². The van der Waals surface area contributed by atoms with Crippen molar-refractivity contribution in [3.8, 4) is 0 Å². The van der Waals surface area contributed by atoms with Gasteiger partial charge >= 0.3 is 6.18 Å². The van der Waals surface area contributed by atoms with Crippen LogP contribution in [0.4, 0.5) is 23.2 Å². The second-order valence-electron chi connectivity index (χ2n) is 4.03. The van der Waals surface area contributed by atoms with Gasteiger partial charge in [0, 0.05) is 12.5 Å². The van der Waals surface area contributed by atoms with Gasteiger partial charge in [-0.1, -0.05) is 5.16 Å². The molecule has 1 aromatic rings. The van der Waals surface area contributed by atoms with Crippen molar-refractivity contribution in [1.29, 1.82) is 0 Å². The summed E-state index contributed by atoms with van der Waals surface area (Å²) in [6.07, 6.45) is -4.48. The Morgan fingerprint density at radius 3 is 2.63 bits per heavy atom. The van der Waals surface area contributed by atoms with E-state index in [1.54, 1.807) is 6.92 Å². The smallest absolute Gasteiger partial charge is 0.409 e. The third-order valence-corrected chi connectivity index (χ3v) is 2.34. The Morgan fingerprint density at radius 1 is 1.47 bits per heavy atom. The average Bonchev–Trinajstić information content (AvgIpc) is 2.30. The molecule has 1 unspecified atom stereocenters. The van der Waals surface area contributed by atoms with Gasteiger partial charge in [0.05, 0.1) is 11.3 Å². The highest BCUT2D eigenvalue weighted by Gasteiger charge is 2.31. The maximum atomic E-state index is 13.4. The van der Waals surface area contributed by atoms with Crippen LogP contribution in [0.1, 0.15) is 18.9 Å². The van der Waals surface area contributed by atoms with Crippen LogP contribution in [0.3, 0.4) is 0 Å². The van der Waals surface area contributed by atoms with Gasteiger partial charge in [0.1, 0.15) is 11.7 Å². The van der Waals surface area contributed by atoms with Crippen molar-refractivity contribution in [1.82, 2.24) is 0 Å². The topological polar surface area (TPSA) is 70.6 Å². The van der Waals surface area contributed by atoms with Crippen molar-refractivity contribution in [2.45, 2.75) is 25.6 Å². The predicted octanol–water partition coefficient (Wildman–Crippen LogP) is 2.78. The molecule has 4 nitrogen and oxygen atoms in total. The van der Waals surface area contributed by atoms with Crippen LogP contribution in [-0.2, 0) is 6.18 Å². The molecular weight excluding hydrogens is 266 g/mol. The lowest BCUT2D eigenvalue weighted by molar-refractivity contribution is -0.137. The van der Waals surface area contributed by atoms with Gasteiger partial charge in [0.15, 0.2) is 0 Å². The molecule has 0 amide bonds. The lowest BCUT2D eigenvalue weighted by Crippen LogP contribution is -2.25. The highest BCUT2D eigenvalue weighted by atomic mass is 19.4. The number of anilines is 1. The van der Waals surface area contributed by atoms with Crippen LogP contribution in [-0.4, -0.2) is 17.1 Å². The van der Waals surface area contributed by atoms with E-state index in [1.807, 2.05) is 0 Å². The first-order valence-corrected chi connectivity index (χ1v) is 5.33. The molecule has 1 rings (SSSR count). The van der Waals surface area contributed by atoms with Crippen LogP contribution >= 0.6 is 0 Å². The van der Waals surface area contributed by atoms with Crippen LogP contribution in [0.2, 0.25) is 0 Å². The number of benzene rings is 1. The van der Waals surface area contributed by atoms with Crippen LogP contribution in [0, 0.1) is 5.82 Å². The molecule has 106 valence electrons. The number of nitrogens with zero attached hydrogens (tertiary/aromatic N) is 1. The zero-order valence-electron chi connectivity index (χ0n) is 10.0. The standard InChI is InChI=1S/C11H13F4N3O/c1-6(4-10(16)18-19)17-9-5-7(11(13,14)15)2-3-8(9)12/h2-3,5-6,17,19H,4H2,1H3,(H2,16,18). The summed E-state index contributed by atoms with van der Waals surface area (Å²) in [5, 5.41) is 13.6. The van der Waals surface area contributed by atoms with Gasteiger partial charge in [-0.2, -0.15) is 13.2 Å². The Balaban J connectivity index is 2.88. The van der Waals surface area contributed by atoms with E-state index in [9.17, 15) is 17.6 Å². The quantitative estimate of drug-likeness (QED) is 0.261. The van der Waals surface area contributed by atoms with E-state index in [0.29, 0.717) is 12.1 Å². The third kappa shape index (κ3) is 4.31. The molecule has 1 atom stereocenters. The Kier molecular flexibility index (Phi) is 4.57. The molecule has 0 aromatic heterocycles. The molecule has 0 fully saturated rings.